The van der Waals surface area contributed by atoms with Crippen LogP contribution in [-0.4, -0.2) is 23.9 Å². The molecule has 0 aromatic heterocycles. The Morgan fingerprint density at radius 3 is 2.04 bits per heavy atom. The molecule has 2 amide bonds. The van der Waals surface area contributed by atoms with Gasteiger partial charge in [0.15, 0.2) is 0 Å². The average Bonchev–Trinajstić information content (AvgIpc) is 3.58. The molecule has 0 aliphatic heterocycles. The first-order valence-electron chi connectivity index (χ1n) is 9.32. The fourth-order valence-electron chi connectivity index (χ4n) is 2.85. The van der Waals surface area contributed by atoms with Crippen LogP contribution < -0.4 is 16.0 Å². The molecule has 2 fully saturated rings. The molecular weight excluding hydrogens is 345 g/mol. The van der Waals surface area contributed by atoms with E-state index in [0.717, 1.165) is 31.4 Å². The summed E-state index contributed by atoms with van der Waals surface area (Å²) in [6.07, 6.45) is 4.07. The smallest absolute Gasteiger partial charge is 0.251 e. The van der Waals surface area contributed by atoms with E-state index < -0.39 is 6.04 Å². The van der Waals surface area contributed by atoms with E-state index in [-0.39, 0.29) is 23.7 Å². The number of benzene rings is 2. The molecule has 2 aromatic carbocycles. The number of hydrogen-bond acceptors (Lipinski definition) is 3. The van der Waals surface area contributed by atoms with Gasteiger partial charge in [0.05, 0.1) is 0 Å². The summed E-state index contributed by atoms with van der Waals surface area (Å²) in [6, 6.07) is 12.9. The highest BCUT2D eigenvalue weighted by Crippen LogP contribution is 2.25. The van der Waals surface area contributed by atoms with Crippen LogP contribution >= 0.6 is 0 Å². The van der Waals surface area contributed by atoms with Gasteiger partial charge in [0.25, 0.3) is 5.91 Å². The molecule has 0 radical (unpaired) electrons. The molecule has 0 saturated heterocycles. The standard InChI is InChI=1S/C21H22FN3O2/c22-15-5-1-13(2-6-15)19(21(27)25-18-11-12-18)23-16-7-3-14(4-8-16)20(26)24-17-9-10-17/h1-8,17-19,23H,9-12H2,(H,24,26)(H,25,27). The van der Waals surface area contributed by atoms with Gasteiger partial charge in [-0.2, -0.15) is 0 Å². The van der Waals surface area contributed by atoms with Crippen molar-refractivity contribution in [2.75, 3.05) is 5.32 Å². The van der Waals surface area contributed by atoms with Gasteiger partial charge in [0, 0.05) is 23.3 Å². The number of carbonyl (C=O) groups excluding carboxylic acids is 2. The fourth-order valence-corrected chi connectivity index (χ4v) is 2.85. The molecule has 0 spiro atoms. The van der Waals surface area contributed by atoms with E-state index in [0.29, 0.717) is 17.2 Å². The zero-order chi connectivity index (χ0) is 18.8. The first kappa shape index (κ1) is 17.5. The lowest BCUT2D eigenvalue weighted by Gasteiger charge is -2.20. The quantitative estimate of drug-likeness (QED) is 0.704. The maximum atomic E-state index is 13.3. The number of rotatable bonds is 7. The van der Waals surface area contributed by atoms with Crippen LogP contribution in [0.5, 0.6) is 0 Å². The molecule has 2 aliphatic rings. The van der Waals surface area contributed by atoms with Gasteiger partial charge in [-0.05, 0) is 67.6 Å². The van der Waals surface area contributed by atoms with Crippen molar-refractivity contribution in [2.24, 2.45) is 0 Å². The van der Waals surface area contributed by atoms with Crippen LogP contribution in [0.25, 0.3) is 0 Å². The molecule has 1 unspecified atom stereocenters. The van der Waals surface area contributed by atoms with E-state index >= 15 is 0 Å². The molecule has 6 heteroatoms. The Hall–Kier alpha value is -2.89. The van der Waals surface area contributed by atoms with Crippen LogP contribution in [0.4, 0.5) is 10.1 Å². The highest BCUT2D eigenvalue weighted by Gasteiger charge is 2.28. The van der Waals surface area contributed by atoms with Crippen molar-refractivity contribution in [3.63, 3.8) is 0 Å². The van der Waals surface area contributed by atoms with E-state index in [1.54, 1.807) is 36.4 Å². The summed E-state index contributed by atoms with van der Waals surface area (Å²) in [5, 5.41) is 9.14. The zero-order valence-electron chi connectivity index (χ0n) is 14.9. The third-order valence-electron chi connectivity index (χ3n) is 4.76. The van der Waals surface area contributed by atoms with E-state index in [9.17, 15) is 14.0 Å². The minimum atomic E-state index is -0.627. The summed E-state index contributed by atoms with van der Waals surface area (Å²) in [5.74, 6) is -0.559. The normalized spacial score (nSPS) is 17.1. The minimum absolute atomic E-state index is 0.0781. The summed E-state index contributed by atoms with van der Waals surface area (Å²) >= 11 is 0. The fraction of sp³-hybridized carbons (Fsp3) is 0.333. The van der Waals surface area contributed by atoms with Gasteiger partial charge in [0.2, 0.25) is 5.91 Å². The van der Waals surface area contributed by atoms with Crippen LogP contribution in [0, 0.1) is 5.82 Å². The Bertz CT molecular complexity index is 828. The number of anilines is 1. The molecule has 5 nitrogen and oxygen atoms in total. The number of nitrogens with one attached hydrogen (secondary N) is 3. The van der Waals surface area contributed by atoms with Crippen molar-refractivity contribution in [2.45, 2.75) is 43.8 Å². The summed E-state index contributed by atoms with van der Waals surface area (Å²) in [7, 11) is 0. The predicted molar refractivity (Wildman–Crippen MR) is 101 cm³/mol. The molecule has 2 aromatic rings. The molecule has 1 atom stereocenters. The van der Waals surface area contributed by atoms with Crippen LogP contribution in [0.1, 0.15) is 47.6 Å². The van der Waals surface area contributed by atoms with Gasteiger partial charge in [-0.15, -0.1) is 0 Å². The number of amides is 2. The lowest BCUT2D eigenvalue weighted by Crippen LogP contribution is -2.34. The predicted octanol–water partition coefficient (Wildman–Crippen LogP) is 3.15. The molecule has 27 heavy (non-hydrogen) atoms. The van der Waals surface area contributed by atoms with Gasteiger partial charge >= 0.3 is 0 Å². The van der Waals surface area contributed by atoms with Crippen LogP contribution in [0.2, 0.25) is 0 Å². The summed E-state index contributed by atoms with van der Waals surface area (Å²) in [5.41, 5.74) is 2.00. The van der Waals surface area contributed by atoms with Crippen molar-refractivity contribution < 1.29 is 14.0 Å². The first-order valence-corrected chi connectivity index (χ1v) is 9.32. The van der Waals surface area contributed by atoms with E-state index in [1.807, 2.05) is 0 Å². The molecule has 140 valence electrons. The van der Waals surface area contributed by atoms with Crippen molar-refractivity contribution in [1.29, 1.82) is 0 Å². The Labute approximate surface area is 157 Å². The lowest BCUT2D eigenvalue weighted by molar-refractivity contribution is -0.122. The molecule has 3 N–H and O–H groups in total. The van der Waals surface area contributed by atoms with Crippen molar-refractivity contribution in [3.05, 3.63) is 65.5 Å². The third-order valence-corrected chi connectivity index (χ3v) is 4.76. The lowest BCUT2D eigenvalue weighted by atomic mass is 10.0. The van der Waals surface area contributed by atoms with Crippen LogP contribution in [0.15, 0.2) is 48.5 Å². The SMILES string of the molecule is O=C(NC1CC1)c1ccc(NC(C(=O)NC2CC2)c2ccc(F)cc2)cc1. The Morgan fingerprint density at radius 2 is 1.44 bits per heavy atom. The van der Waals surface area contributed by atoms with E-state index in [4.69, 9.17) is 0 Å². The number of halogens is 1. The molecular formula is C21H22FN3O2. The topological polar surface area (TPSA) is 70.2 Å². The van der Waals surface area contributed by atoms with Crippen LogP contribution in [-0.2, 0) is 4.79 Å². The Morgan fingerprint density at radius 1 is 0.852 bits per heavy atom. The second kappa shape index (κ2) is 7.39. The average molecular weight is 367 g/mol. The first-order chi connectivity index (χ1) is 13.1. The summed E-state index contributed by atoms with van der Waals surface area (Å²) in [4.78, 5) is 24.7. The van der Waals surface area contributed by atoms with Crippen molar-refractivity contribution in [3.8, 4) is 0 Å². The second-order valence-electron chi connectivity index (χ2n) is 7.24. The van der Waals surface area contributed by atoms with Gasteiger partial charge in [-0.3, -0.25) is 9.59 Å². The maximum absolute atomic E-state index is 13.3. The molecule has 2 saturated carbocycles. The molecule has 0 bridgehead atoms. The van der Waals surface area contributed by atoms with Gasteiger partial charge in [-0.1, -0.05) is 12.1 Å². The highest BCUT2D eigenvalue weighted by molar-refractivity contribution is 5.95. The minimum Gasteiger partial charge on any atom is -0.370 e. The second-order valence-corrected chi connectivity index (χ2v) is 7.24. The molecule has 2 aliphatic carbocycles. The summed E-state index contributed by atoms with van der Waals surface area (Å²) < 4.78 is 13.3. The Kier molecular flexibility index (Phi) is 4.79. The number of carbonyl (C=O) groups is 2. The highest BCUT2D eigenvalue weighted by atomic mass is 19.1. The molecule has 4 rings (SSSR count). The van der Waals surface area contributed by atoms with Gasteiger partial charge < -0.3 is 16.0 Å². The molecule has 0 heterocycles. The summed E-state index contributed by atoms with van der Waals surface area (Å²) in [6.45, 7) is 0. The van der Waals surface area contributed by atoms with E-state index in [1.165, 1.54) is 12.1 Å². The monoisotopic (exact) mass is 367 g/mol. The zero-order valence-corrected chi connectivity index (χ0v) is 14.9. The van der Waals surface area contributed by atoms with Crippen LogP contribution in [0.3, 0.4) is 0 Å². The van der Waals surface area contributed by atoms with Crippen molar-refractivity contribution in [1.82, 2.24) is 10.6 Å². The van der Waals surface area contributed by atoms with Crippen molar-refractivity contribution >= 4 is 17.5 Å². The number of hydrogen-bond donors (Lipinski definition) is 3. The van der Waals surface area contributed by atoms with Gasteiger partial charge in [0.1, 0.15) is 11.9 Å². The van der Waals surface area contributed by atoms with E-state index in [2.05, 4.69) is 16.0 Å². The maximum Gasteiger partial charge on any atom is 0.251 e. The largest absolute Gasteiger partial charge is 0.370 e. The third kappa shape index (κ3) is 4.64. The van der Waals surface area contributed by atoms with Gasteiger partial charge in [-0.25, -0.2) is 4.39 Å². The Balaban J connectivity index is 1.48.